The Morgan fingerprint density at radius 3 is 2.72 bits per heavy atom. The molecule has 1 aliphatic heterocycles. The van der Waals surface area contributed by atoms with E-state index in [0.717, 1.165) is 38.4 Å². The number of benzene rings is 1. The van der Waals surface area contributed by atoms with E-state index >= 15 is 0 Å². The Hall–Kier alpha value is -0.860. The van der Waals surface area contributed by atoms with Crippen molar-refractivity contribution in [3.05, 3.63) is 29.3 Å². The predicted octanol–water partition coefficient (Wildman–Crippen LogP) is 3.02. The number of nitrogens with two attached hydrogens (primary N) is 1. The van der Waals surface area contributed by atoms with E-state index < -0.39 is 0 Å². The lowest BCUT2D eigenvalue weighted by Gasteiger charge is -2.39. The van der Waals surface area contributed by atoms with Crippen molar-refractivity contribution in [2.24, 2.45) is 10.7 Å². The van der Waals surface area contributed by atoms with E-state index in [1.165, 1.54) is 30.4 Å². The molecule has 1 aromatic carbocycles. The first kappa shape index (κ1) is 20.5. The highest BCUT2D eigenvalue weighted by molar-refractivity contribution is 14.0. The number of nitrogens with zero attached hydrogens (tertiary/aromatic N) is 2. The van der Waals surface area contributed by atoms with Gasteiger partial charge in [-0.3, -0.25) is 9.89 Å². The fraction of sp³-hybridized carbons (Fsp3) is 0.632. The second kappa shape index (κ2) is 9.19. The van der Waals surface area contributed by atoms with E-state index in [4.69, 9.17) is 10.5 Å². The number of rotatable bonds is 4. The van der Waals surface area contributed by atoms with Gasteiger partial charge in [0.2, 0.25) is 0 Å². The Kier molecular flexibility index (Phi) is 7.51. The molecule has 0 bridgehead atoms. The minimum absolute atomic E-state index is 0. The van der Waals surface area contributed by atoms with Gasteiger partial charge in [0.25, 0.3) is 0 Å². The standard InChI is InChI=1S/C19H30N4O.HI/c1-19(2,23-10-12-24-13-11-23)14-21-18(20)22-17-9-5-7-15-6-3-4-8-16(15)17;/h5,7,9H,3-4,6,8,10-14H2,1-2H3,(H3,20,21,22);1H. The molecular formula is C19H31IN4O. The van der Waals surface area contributed by atoms with Crippen molar-refractivity contribution in [2.45, 2.75) is 45.1 Å². The molecule has 140 valence electrons. The van der Waals surface area contributed by atoms with Gasteiger partial charge in [-0.1, -0.05) is 12.1 Å². The van der Waals surface area contributed by atoms with Gasteiger partial charge in [-0.2, -0.15) is 0 Å². The molecule has 1 aliphatic carbocycles. The van der Waals surface area contributed by atoms with Gasteiger partial charge in [0.05, 0.1) is 19.8 Å². The van der Waals surface area contributed by atoms with Crippen LogP contribution in [0.25, 0.3) is 0 Å². The summed E-state index contributed by atoms with van der Waals surface area (Å²) in [6.45, 7) is 8.65. The summed E-state index contributed by atoms with van der Waals surface area (Å²) >= 11 is 0. The third-order valence-electron chi connectivity index (χ3n) is 5.16. The van der Waals surface area contributed by atoms with E-state index in [2.05, 4.69) is 47.3 Å². The van der Waals surface area contributed by atoms with Crippen molar-refractivity contribution in [2.75, 3.05) is 38.2 Å². The van der Waals surface area contributed by atoms with Gasteiger partial charge in [0.15, 0.2) is 5.96 Å². The van der Waals surface area contributed by atoms with Gasteiger partial charge in [0.1, 0.15) is 0 Å². The molecule has 0 aromatic heterocycles. The van der Waals surface area contributed by atoms with E-state index in [-0.39, 0.29) is 29.5 Å². The van der Waals surface area contributed by atoms with Crippen LogP contribution in [0.5, 0.6) is 0 Å². The van der Waals surface area contributed by atoms with E-state index in [1.54, 1.807) is 0 Å². The largest absolute Gasteiger partial charge is 0.379 e. The lowest BCUT2D eigenvalue weighted by atomic mass is 9.90. The van der Waals surface area contributed by atoms with Crippen molar-refractivity contribution in [3.8, 4) is 0 Å². The molecule has 3 N–H and O–H groups in total. The molecule has 0 unspecified atom stereocenters. The first-order chi connectivity index (χ1) is 11.6. The van der Waals surface area contributed by atoms with Crippen molar-refractivity contribution in [1.29, 1.82) is 0 Å². The lowest BCUT2D eigenvalue weighted by Crippen LogP contribution is -2.51. The number of morpholine rings is 1. The van der Waals surface area contributed by atoms with Gasteiger partial charge in [-0.15, -0.1) is 24.0 Å². The molecule has 0 atom stereocenters. The highest BCUT2D eigenvalue weighted by Crippen LogP contribution is 2.27. The number of halogens is 1. The summed E-state index contributed by atoms with van der Waals surface area (Å²) in [5.41, 5.74) is 10.1. The van der Waals surface area contributed by atoms with E-state index in [1.807, 2.05) is 0 Å². The fourth-order valence-corrected chi connectivity index (χ4v) is 3.62. The van der Waals surface area contributed by atoms with Crippen LogP contribution in [-0.2, 0) is 17.6 Å². The molecule has 0 amide bonds. The maximum atomic E-state index is 6.17. The highest BCUT2D eigenvalue weighted by atomic mass is 127. The van der Waals surface area contributed by atoms with Gasteiger partial charge >= 0.3 is 0 Å². The molecule has 0 saturated carbocycles. The smallest absolute Gasteiger partial charge is 0.193 e. The molecule has 1 fully saturated rings. The number of aliphatic imine (C=N–C) groups is 1. The minimum atomic E-state index is -0.00774. The van der Waals surface area contributed by atoms with Gasteiger partial charge < -0.3 is 15.8 Å². The number of guanidine groups is 1. The lowest BCUT2D eigenvalue weighted by molar-refractivity contribution is -0.00680. The molecule has 0 spiro atoms. The van der Waals surface area contributed by atoms with Gasteiger partial charge in [0, 0.05) is 24.3 Å². The Balaban J connectivity index is 0.00000225. The fourth-order valence-electron chi connectivity index (χ4n) is 3.62. The summed E-state index contributed by atoms with van der Waals surface area (Å²) in [5, 5.41) is 3.33. The highest BCUT2D eigenvalue weighted by Gasteiger charge is 2.28. The predicted molar refractivity (Wildman–Crippen MR) is 115 cm³/mol. The number of nitrogens with one attached hydrogen (secondary N) is 1. The van der Waals surface area contributed by atoms with Crippen LogP contribution in [-0.4, -0.2) is 49.2 Å². The van der Waals surface area contributed by atoms with E-state index in [9.17, 15) is 0 Å². The normalized spacial score (nSPS) is 19.0. The van der Waals surface area contributed by atoms with Crippen LogP contribution in [0.1, 0.15) is 37.8 Å². The number of anilines is 1. The maximum absolute atomic E-state index is 6.17. The summed E-state index contributed by atoms with van der Waals surface area (Å²) in [6.07, 6.45) is 4.84. The molecule has 6 heteroatoms. The average Bonchev–Trinajstić information content (AvgIpc) is 2.61. The summed E-state index contributed by atoms with van der Waals surface area (Å²) in [5.74, 6) is 0.510. The monoisotopic (exact) mass is 458 g/mol. The summed E-state index contributed by atoms with van der Waals surface area (Å²) < 4.78 is 5.44. The van der Waals surface area contributed by atoms with E-state index in [0.29, 0.717) is 12.5 Å². The van der Waals surface area contributed by atoms with Gasteiger partial charge in [-0.05, 0) is 56.7 Å². The van der Waals surface area contributed by atoms with Gasteiger partial charge in [-0.25, -0.2) is 0 Å². The summed E-state index contributed by atoms with van der Waals surface area (Å²) in [7, 11) is 0. The quantitative estimate of drug-likeness (QED) is 0.414. The van der Waals surface area contributed by atoms with Crippen molar-refractivity contribution in [3.63, 3.8) is 0 Å². The maximum Gasteiger partial charge on any atom is 0.193 e. The molecule has 1 saturated heterocycles. The first-order valence-electron chi connectivity index (χ1n) is 9.07. The topological polar surface area (TPSA) is 62.9 Å². The number of hydrogen-bond donors (Lipinski definition) is 2. The number of fused-ring (bicyclic) bond motifs is 1. The number of aryl methyl sites for hydroxylation is 1. The molecule has 1 heterocycles. The third kappa shape index (κ3) is 5.31. The van der Waals surface area contributed by atoms with Crippen LogP contribution in [0.2, 0.25) is 0 Å². The number of hydrogen-bond acceptors (Lipinski definition) is 3. The minimum Gasteiger partial charge on any atom is -0.379 e. The van der Waals surface area contributed by atoms with Crippen molar-refractivity contribution < 1.29 is 4.74 Å². The van der Waals surface area contributed by atoms with Crippen LogP contribution in [0.15, 0.2) is 23.2 Å². The first-order valence-corrected chi connectivity index (χ1v) is 9.07. The Bertz CT molecular complexity index is 597. The van der Waals surface area contributed by atoms with Crippen LogP contribution >= 0.6 is 24.0 Å². The molecule has 3 rings (SSSR count). The zero-order valence-corrected chi connectivity index (χ0v) is 17.7. The second-order valence-corrected chi connectivity index (χ2v) is 7.39. The third-order valence-corrected chi connectivity index (χ3v) is 5.16. The summed E-state index contributed by atoms with van der Waals surface area (Å²) in [6, 6.07) is 6.45. The second-order valence-electron chi connectivity index (χ2n) is 7.39. The summed E-state index contributed by atoms with van der Waals surface area (Å²) in [4.78, 5) is 7.04. The molecule has 5 nitrogen and oxygen atoms in total. The SMILES string of the molecule is CC(C)(CN=C(N)Nc1cccc2c1CCCC2)N1CCOCC1.I. The molecule has 0 radical (unpaired) electrons. The van der Waals surface area contributed by atoms with Crippen molar-refractivity contribution >= 4 is 35.6 Å². The Labute approximate surface area is 168 Å². The average molecular weight is 458 g/mol. The zero-order chi connectivity index (χ0) is 17.0. The van der Waals surface area contributed by atoms with Crippen LogP contribution in [0.4, 0.5) is 5.69 Å². The zero-order valence-electron chi connectivity index (χ0n) is 15.4. The Morgan fingerprint density at radius 2 is 1.96 bits per heavy atom. The molecular weight excluding hydrogens is 427 g/mol. The molecule has 1 aromatic rings. The molecule has 25 heavy (non-hydrogen) atoms. The molecule has 2 aliphatic rings. The van der Waals surface area contributed by atoms with Crippen LogP contribution in [0, 0.1) is 0 Å². The number of ether oxygens (including phenoxy) is 1. The van der Waals surface area contributed by atoms with Crippen LogP contribution in [0.3, 0.4) is 0 Å². The van der Waals surface area contributed by atoms with Crippen molar-refractivity contribution in [1.82, 2.24) is 4.90 Å². The van der Waals surface area contributed by atoms with Crippen LogP contribution < -0.4 is 11.1 Å². The Morgan fingerprint density at radius 1 is 1.24 bits per heavy atom.